The molecule has 0 aromatic rings. The number of rotatable bonds is 6. The van der Waals surface area contributed by atoms with E-state index in [1.54, 1.807) is 11.8 Å². The van der Waals surface area contributed by atoms with Crippen LogP contribution in [0.5, 0.6) is 0 Å². The molecule has 0 fully saturated rings. The Bertz CT molecular complexity index is 153. The molecular formula is C9H18BrNOS. The smallest absolute Gasteiger partial charge is 0.234 e. The molecule has 0 spiro atoms. The van der Waals surface area contributed by atoms with Gasteiger partial charge >= 0.3 is 0 Å². The number of hydrogen-bond donors (Lipinski definition) is 1. The maximum absolute atomic E-state index is 11.4. The van der Waals surface area contributed by atoms with E-state index in [2.05, 4.69) is 27.5 Å². The number of amides is 1. The van der Waals surface area contributed by atoms with E-state index in [1.165, 1.54) is 0 Å². The van der Waals surface area contributed by atoms with E-state index < -0.39 is 0 Å². The molecule has 1 amide bonds. The van der Waals surface area contributed by atoms with Crippen LogP contribution in [0.1, 0.15) is 20.3 Å². The molecule has 1 unspecified atom stereocenters. The third-order valence-corrected chi connectivity index (χ3v) is 3.83. The standard InChI is InChI=1S/C9H18BrNOS/c1-7(2)8(10)9(12)11-5-4-6-13-3/h7-8H,4-6H2,1-3H3,(H,11,12). The molecule has 13 heavy (non-hydrogen) atoms. The normalized spacial score (nSPS) is 13.0. The van der Waals surface area contributed by atoms with Crippen LogP contribution in [0.2, 0.25) is 0 Å². The lowest BCUT2D eigenvalue weighted by Crippen LogP contribution is -2.34. The molecule has 0 bridgehead atoms. The molecule has 1 atom stereocenters. The highest BCUT2D eigenvalue weighted by Gasteiger charge is 2.17. The molecule has 0 radical (unpaired) electrons. The van der Waals surface area contributed by atoms with Crippen LogP contribution in [0.25, 0.3) is 0 Å². The predicted octanol–water partition coefficient (Wildman–Crippen LogP) is 2.28. The topological polar surface area (TPSA) is 29.1 Å². The summed E-state index contributed by atoms with van der Waals surface area (Å²) in [6.45, 7) is 4.84. The van der Waals surface area contributed by atoms with Gasteiger partial charge in [-0.15, -0.1) is 0 Å². The van der Waals surface area contributed by atoms with Gasteiger partial charge in [-0.05, 0) is 24.3 Å². The van der Waals surface area contributed by atoms with E-state index >= 15 is 0 Å². The lowest BCUT2D eigenvalue weighted by atomic mass is 10.1. The van der Waals surface area contributed by atoms with Gasteiger partial charge in [-0.25, -0.2) is 0 Å². The van der Waals surface area contributed by atoms with E-state index in [1.807, 2.05) is 13.8 Å². The number of halogens is 1. The maximum Gasteiger partial charge on any atom is 0.234 e. The molecule has 0 aliphatic heterocycles. The van der Waals surface area contributed by atoms with Crippen molar-refractivity contribution in [2.24, 2.45) is 5.92 Å². The van der Waals surface area contributed by atoms with Crippen molar-refractivity contribution in [1.82, 2.24) is 5.32 Å². The molecule has 0 aromatic heterocycles. The summed E-state index contributed by atoms with van der Waals surface area (Å²) in [5, 5.41) is 2.90. The minimum Gasteiger partial charge on any atom is -0.355 e. The Morgan fingerprint density at radius 1 is 1.54 bits per heavy atom. The second kappa shape index (κ2) is 7.68. The van der Waals surface area contributed by atoms with Crippen LogP contribution < -0.4 is 5.32 Å². The van der Waals surface area contributed by atoms with E-state index in [0.29, 0.717) is 5.92 Å². The lowest BCUT2D eigenvalue weighted by Gasteiger charge is -2.13. The Balaban J connectivity index is 3.50. The first kappa shape index (κ1) is 13.3. The fraction of sp³-hybridized carbons (Fsp3) is 0.889. The zero-order valence-electron chi connectivity index (χ0n) is 8.47. The first-order valence-corrected chi connectivity index (χ1v) is 6.81. The van der Waals surface area contributed by atoms with Crippen LogP contribution in [0.3, 0.4) is 0 Å². The summed E-state index contributed by atoms with van der Waals surface area (Å²) in [5.41, 5.74) is 0. The predicted molar refractivity (Wildman–Crippen MR) is 63.6 cm³/mol. The van der Waals surface area contributed by atoms with Crippen LogP contribution in [-0.4, -0.2) is 29.3 Å². The molecule has 1 N–H and O–H groups in total. The SMILES string of the molecule is CSCCCNC(=O)C(Br)C(C)C. The number of alkyl halides is 1. The molecule has 0 saturated heterocycles. The fourth-order valence-electron chi connectivity index (χ4n) is 0.828. The van der Waals surface area contributed by atoms with Crippen LogP contribution in [0.4, 0.5) is 0 Å². The Morgan fingerprint density at radius 2 is 2.15 bits per heavy atom. The second-order valence-electron chi connectivity index (χ2n) is 3.28. The van der Waals surface area contributed by atoms with Crippen molar-refractivity contribution in [3.05, 3.63) is 0 Å². The molecule has 0 aromatic carbocycles. The highest BCUT2D eigenvalue weighted by atomic mass is 79.9. The molecule has 2 nitrogen and oxygen atoms in total. The Hall–Kier alpha value is 0.300. The monoisotopic (exact) mass is 267 g/mol. The third-order valence-electron chi connectivity index (χ3n) is 1.66. The van der Waals surface area contributed by atoms with Crippen LogP contribution in [-0.2, 0) is 4.79 Å². The van der Waals surface area contributed by atoms with Gasteiger partial charge in [0.15, 0.2) is 0 Å². The van der Waals surface area contributed by atoms with Gasteiger partial charge in [0.2, 0.25) is 5.91 Å². The Kier molecular flexibility index (Phi) is 7.86. The molecule has 0 saturated carbocycles. The zero-order chi connectivity index (χ0) is 10.3. The van der Waals surface area contributed by atoms with Gasteiger partial charge in [0, 0.05) is 6.54 Å². The average molecular weight is 268 g/mol. The molecule has 4 heteroatoms. The summed E-state index contributed by atoms with van der Waals surface area (Å²) in [5.74, 6) is 1.56. The van der Waals surface area contributed by atoms with Gasteiger partial charge in [0.05, 0.1) is 4.83 Å². The largest absolute Gasteiger partial charge is 0.355 e. The highest BCUT2D eigenvalue weighted by molar-refractivity contribution is 9.10. The summed E-state index contributed by atoms with van der Waals surface area (Å²) in [4.78, 5) is 11.3. The third kappa shape index (κ3) is 6.38. The van der Waals surface area contributed by atoms with Gasteiger partial charge in [0.1, 0.15) is 0 Å². The second-order valence-corrected chi connectivity index (χ2v) is 5.26. The molecule has 0 aliphatic rings. The van der Waals surface area contributed by atoms with E-state index in [4.69, 9.17) is 0 Å². The number of thioether (sulfide) groups is 1. The number of carbonyl (C=O) groups excluding carboxylic acids is 1. The van der Waals surface area contributed by atoms with Crippen molar-refractivity contribution in [2.45, 2.75) is 25.1 Å². The zero-order valence-corrected chi connectivity index (χ0v) is 10.9. The molecule has 0 aliphatic carbocycles. The van der Waals surface area contributed by atoms with Gasteiger partial charge in [-0.3, -0.25) is 4.79 Å². The van der Waals surface area contributed by atoms with Crippen molar-refractivity contribution in [3.63, 3.8) is 0 Å². The highest BCUT2D eigenvalue weighted by Crippen LogP contribution is 2.11. The number of carbonyl (C=O) groups is 1. The molecular weight excluding hydrogens is 250 g/mol. The van der Waals surface area contributed by atoms with Gasteiger partial charge in [-0.1, -0.05) is 29.8 Å². The van der Waals surface area contributed by atoms with E-state index in [-0.39, 0.29) is 10.7 Å². The summed E-state index contributed by atoms with van der Waals surface area (Å²) in [7, 11) is 0. The van der Waals surface area contributed by atoms with Crippen molar-refractivity contribution < 1.29 is 4.79 Å². The molecule has 0 heterocycles. The minimum atomic E-state index is -0.0539. The molecule has 0 rings (SSSR count). The van der Waals surface area contributed by atoms with Crippen molar-refractivity contribution in [3.8, 4) is 0 Å². The maximum atomic E-state index is 11.4. The van der Waals surface area contributed by atoms with Crippen molar-refractivity contribution >= 4 is 33.6 Å². The van der Waals surface area contributed by atoms with E-state index in [9.17, 15) is 4.79 Å². The van der Waals surface area contributed by atoms with Gasteiger partial charge in [0.25, 0.3) is 0 Å². The van der Waals surface area contributed by atoms with Gasteiger partial charge in [-0.2, -0.15) is 11.8 Å². The van der Waals surface area contributed by atoms with Crippen LogP contribution in [0.15, 0.2) is 0 Å². The van der Waals surface area contributed by atoms with Crippen LogP contribution in [0, 0.1) is 5.92 Å². The lowest BCUT2D eigenvalue weighted by molar-refractivity contribution is -0.121. The fourth-order valence-corrected chi connectivity index (χ4v) is 1.42. The number of nitrogens with one attached hydrogen (secondary N) is 1. The summed E-state index contributed by atoms with van der Waals surface area (Å²) >= 11 is 5.16. The summed E-state index contributed by atoms with van der Waals surface area (Å²) in [6, 6.07) is 0. The first-order valence-electron chi connectivity index (χ1n) is 4.50. The number of hydrogen-bond acceptors (Lipinski definition) is 2. The first-order chi connectivity index (χ1) is 6.09. The summed E-state index contributed by atoms with van der Waals surface area (Å²) < 4.78 is 0. The summed E-state index contributed by atoms with van der Waals surface area (Å²) in [6.07, 6.45) is 3.12. The van der Waals surface area contributed by atoms with Gasteiger partial charge < -0.3 is 5.32 Å². The Labute approximate surface area is 93.4 Å². The van der Waals surface area contributed by atoms with E-state index in [0.717, 1.165) is 18.7 Å². The Morgan fingerprint density at radius 3 is 2.62 bits per heavy atom. The van der Waals surface area contributed by atoms with Crippen LogP contribution >= 0.6 is 27.7 Å². The molecule has 78 valence electrons. The average Bonchev–Trinajstić information content (AvgIpc) is 2.10. The van der Waals surface area contributed by atoms with Crippen molar-refractivity contribution in [2.75, 3.05) is 18.6 Å². The quantitative estimate of drug-likeness (QED) is 0.591. The minimum absolute atomic E-state index is 0.0539. The van der Waals surface area contributed by atoms with Crippen molar-refractivity contribution in [1.29, 1.82) is 0 Å².